The fraction of sp³-hybridized carbons (Fsp3) is 0.391. The number of nitrogens with two attached hydrogens (primary N) is 1. The molecule has 3 N–H and O–H groups in total. The molecule has 2 aromatic rings. The molecule has 1 unspecified atom stereocenters. The van der Waals surface area contributed by atoms with Crippen LogP contribution in [0, 0.1) is 21.4 Å². The van der Waals surface area contributed by atoms with E-state index >= 15 is 0 Å². The third-order valence-electron chi connectivity index (χ3n) is 6.27. The first kappa shape index (κ1) is 22.7. The van der Waals surface area contributed by atoms with Crippen LogP contribution in [0.3, 0.4) is 0 Å². The predicted molar refractivity (Wildman–Crippen MR) is 123 cm³/mol. The fourth-order valence-corrected chi connectivity index (χ4v) is 5.29. The minimum Gasteiger partial charge on any atom is -0.365 e. The smallest absolute Gasteiger partial charge is 0.270 e. The van der Waals surface area contributed by atoms with E-state index in [-0.39, 0.29) is 11.1 Å². The number of nitrogens with zero attached hydrogens (tertiary/aromatic N) is 1. The van der Waals surface area contributed by atoms with Crippen molar-refractivity contribution in [2.75, 3.05) is 5.32 Å². The number of benzene rings is 1. The van der Waals surface area contributed by atoms with Gasteiger partial charge >= 0.3 is 0 Å². The van der Waals surface area contributed by atoms with Crippen molar-refractivity contribution < 1.29 is 14.5 Å². The van der Waals surface area contributed by atoms with Gasteiger partial charge in [0.25, 0.3) is 11.6 Å². The zero-order chi connectivity index (χ0) is 22.8. The second kappa shape index (κ2) is 9.01. The van der Waals surface area contributed by atoms with Gasteiger partial charge in [0.05, 0.1) is 10.5 Å². The van der Waals surface area contributed by atoms with E-state index in [0.717, 1.165) is 36.1 Å². The number of thiophene rings is 1. The molecule has 1 heterocycles. The summed E-state index contributed by atoms with van der Waals surface area (Å²) < 4.78 is 0. The van der Waals surface area contributed by atoms with Crippen LogP contribution in [0.1, 0.15) is 60.0 Å². The van der Waals surface area contributed by atoms with Gasteiger partial charge in [-0.2, -0.15) is 0 Å². The van der Waals surface area contributed by atoms with E-state index < -0.39 is 16.7 Å². The maximum Gasteiger partial charge on any atom is 0.270 e. The number of primary amides is 1. The maximum absolute atomic E-state index is 12.5. The number of nitro benzene ring substituents is 1. The summed E-state index contributed by atoms with van der Waals surface area (Å²) in [5.74, 6) is -0.441. The molecule has 2 amide bonds. The summed E-state index contributed by atoms with van der Waals surface area (Å²) in [6.45, 7) is 6.73. The molecular weight excluding hydrogens is 414 g/mol. The summed E-state index contributed by atoms with van der Waals surface area (Å²) in [6, 6.07) is 6.01. The third kappa shape index (κ3) is 5.02. The third-order valence-corrected chi connectivity index (χ3v) is 7.44. The first-order valence-electron chi connectivity index (χ1n) is 10.3. The summed E-state index contributed by atoms with van der Waals surface area (Å²) in [4.78, 5) is 36.2. The van der Waals surface area contributed by atoms with E-state index in [1.165, 1.54) is 35.6 Å². The molecule has 1 atom stereocenters. The second-order valence-corrected chi connectivity index (χ2v) is 9.63. The summed E-state index contributed by atoms with van der Waals surface area (Å²) in [5, 5.41) is 14.1. The van der Waals surface area contributed by atoms with Gasteiger partial charge in [-0.1, -0.05) is 39.3 Å². The first-order chi connectivity index (χ1) is 14.6. The van der Waals surface area contributed by atoms with Gasteiger partial charge in [0.2, 0.25) is 5.91 Å². The molecule has 0 fully saturated rings. The predicted octanol–water partition coefficient (Wildman–Crippen LogP) is 4.95. The number of carbonyl (C=O) groups is 2. The van der Waals surface area contributed by atoms with E-state index in [9.17, 15) is 19.7 Å². The van der Waals surface area contributed by atoms with Gasteiger partial charge in [-0.15, -0.1) is 11.3 Å². The topological polar surface area (TPSA) is 115 Å². The van der Waals surface area contributed by atoms with Crippen molar-refractivity contribution in [3.63, 3.8) is 0 Å². The van der Waals surface area contributed by atoms with Crippen LogP contribution < -0.4 is 11.1 Å². The average Bonchev–Trinajstić information content (AvgIpc) is 3.09. The van der Waals surface area contributed by atoms with Crippen LogP contribution in [0.2, 0.25) is 0 Å². The number of nitrogens with one attached hydrogen (secondary N) is 1. The number of anilines is 1. The highest BCUT2D eigenvalue weighted by Crippen LogP contribution is 2.45. The molecule has 1 aliphatic carbocycles. The van der Waals surface area contributed by atoms with E-state index in [2.05, 4.69) is 26.1 Å². The molecule has 7 nitrogen and oxygen atoms in total. The van der Waals surface area contributed by atoms with Crippen molar-refractivity contribution in [2.24, 2.45) is 17.1 Å². The van der Waals surface area contributed by atoms with Crippen molar-refractivity contribution in [1.82, 2.24) is 0 Å². The van der Waals surface area contributed by atoms with E-state index in [4.69, 9.17) is 5.73 Å². The van der Waals surface area contributed by atoms with Crippen molar-refractivity contribution >= 4 is 39.9 Å². The SMILES string of the molecule is CCC(C)(C)C1CCc2c(sc(NC(=O)C=Cc3cccc([N+](=O)[O-])c3)c2C(N)=O)C1. The van der Waals surface area contributed by atoms with E-state index in [1.807, 2.05) is 0 Å². The number of rotatable bonds is 7. The van der Waals surface area contributed by atoms with Crippen molar-refractivity contribution in [3.8, 4) is 0 Å². The second-order valence-electron chi connectivity index (χ2n) is 8.53. The summed E-state index contributed by atoms with van der Waals surface area (Å²) in [7, 11) is 0. The van der Waals surface area contributed by atoms with Crippen LogP contribution in [0.5, 0.6) is 0 Å². The Morgan fingerprint density at radius 1 is 1.39 bits per heavy atom. The Balaban J connectivity index is 1.80. The molecule has 3 rings (SSSR count). The largest absolute Gasteiger partial charge is 0.365 e. The fourth-order valence-electron chi connectivity index (χ4n) is 3.96. The van der Waals surface area contributed by atoms with Crippen molar-refractivity contribution in [3.05, 3.63) is 62.0 Å². The van der Waals surface area contributed by atoms with Gasteiger partial charge < -0.3 is 11.1 Å². The number of non-ortho nitro benzene ring substituents is 1. The van der Waals surface area contributed by atoms with Crippen molar-refractivity contribution in [1.29, 1.82) is 0 Å². The lowest BCUT2D eigenvalue weighted by Crippen LogP contribution is -2.29. The molecule has 1 aromatic carbocycles. The molecule has 0 radical (unpaired) electrons. The van der Waals surface area contributed by atoms with Crippen LogP contribution in [-0.2, 0) is 17.6 Å². The zero-order valence-corrected chi connectivity index (χ0v) is 18.8. The quantitative estimate of drug-likeness (QED) is 0.359. The van der Waals surface area contributed by atoms with Crippen LogP contribution >= 0.6 is 11.3 Å². The number of hydrogen-bond donors (Lipinski definition) is 2. The molecule has 0 spiro atoms. The minimum atomic E-state index is -0.538. The summed E-state index contributed by atoms with van der Waals surface area (Å²) in [6.07, 6.45) is 6.52. The van der Waals surface area contributed by atoms with Gasteiger partial charge in [-0.05, 0) is 47.8 Å². The standard InChI is InChI=1S/C23H27N3O4S/c1-4-23(2,3)15-9-10-17-18(13-15)31-22(20(17)21(24)28)25-19(27)11-8-14-6-5-7-16(12-14)26(29)30/h5-8,11-12,15H,4,9-10,13H2,1-3H3,(H2,24,28)(H,25,27). The first-order valence-corrected chi connectivity index (χ1v) is 11.1. The van der Waals surface area contributed by atoms with Crippen LogP contribution in [0.4, 0.5) is 10.7 Å². The lowest BCUT2D eigenvalue weighted by atomic mass is 9.69. The molecule has 0 bridgehead atoms. The monoisotopic (exact) mass is 441 g/mol. The highest BCUT2D eigenvalue weighted by Gasteiger charge is 2.34. The number of hydrogen-bond acceptors (Lipinski definition) is 5. The Kier molecular flexibility index (Phi) is 6.59. The molecule has 1 aromatic heterocycles. The molecule has 8 heteroatoms. The van der Waals surface area contributed by atoms with Gasteiger partial charge in [0.1, 0.15) is 5.00 Å². The van der Waals surface area contributed by atoms with Gasteiger partial charge in [-0.25, -0.2) is 0 Å². The lowest BCUT2D eigenvalue weighted by Gasteiger charge is -2.36. The zero-order valence-electron chi connectivity index (χ0n) is 17.9. The molecule has 164 valence electrons. The van der Waals surface area contributed by atoms with Crippen LogP contribution in [0.25, 0.3) is 6.08 Å². The molecule has 0 saturated carbocycles. The van der Waals surface area contributed by atoms with E-state index in [0.29, 0.717) is 22.0 Å². The van der Waals surface area contributed by atoms with Crippen molar-refractivity contribution in [2.45, 2.75) is 46.5 Å². The van der Waals surface area contributed by atoms with Gasteiger partial charge in [0.15, 0.2) is 0 Å². The van der Waals surface area contributed by atoms with Gasteiger partial charge in [0, 0.05) is 23.1 Å². The molecule has 0 saturated heterocycles. The minimum absolute atomic E-state index is 0.0472. The van der Waals surface area contributed by atoms with Crippen LogP contribution in [0.15, 0.2) is 30.3 Å². The lowest BCUT2D eigenvalue weighted by molar-refractivity contribution is -0.384. The maximum atomic E-state index is 12.5. The molecule has 1 aliphatic rings. The summed E-state index contributed by atoms with van der Waals surface area (Å²) in [5.41, 5.74) is 7.71. The Labute approximate surface area is 185 Å². The van der Waals surface area contributed by atoms with E-state index in [1.54, 1.807) is 12.1 Å². The number of amides is 2. The Morgan fingerprint density at radius 2 is 2.13 bits per heavy atom. The van der Waals surface area contributed by atoms with Gasteiger partial charge in [-0.3, -0.25) is 19.7 Å². The average molecular weight is 442 g/mol. The Morgan fingerprint density at radius 3 is 2.77 bits per heavy atom. The normalized spacial score (nSPS) is 16.2. The Hall–Kier alpha value is -3.00. The number of nitro groups is 1. The molecule has 31 heavy (non-hydrogen) atoms. The Bertz CT molecular complexity index is 1060. The van der Waals surface area contributed by atoms with Crippen LogP contribution in [-0.4, -0.2) is 16.7 Å². The number of carbonyl (C=O) groups excluding carboxylic acids is 2. The molecular formula is C23H27N3O4S. The number of fused-ring (bicyclic) bond motifs is 1. The summed E-state index contributed by atoms with van der Waals surface area (Å²) >= 11 is 1.42. The molecule has 0 aliphatic heterocycles. The highest BCUT2D eigenvalue weighted by atomic mass is 32.1. The highest BCUT2D eigenvalue weighted by molar-refractivity contribution is 7.17.